The molecule has 0 heterocycles. The second kappa shape index (κ2) is 13.1. The normalized spacial score (nSPS) is 13.2. The van der Waals surface area contributed by atoms with Crippen molar-refractivity contribution in [2.24, 2.45) is 4.99 Å². The standard InChI is InChI=1S/C19H24BrN3O2S.HI/c1-15(25-18-11-7-6-10-17(18)20)14-23-19(21-2)22-12-13-26(24)16-8-4-3-5-9-16;/h3-11,15H,12-14H2,1-2H3,(H2,21,22,23);1H. The molecule has 0 bridgehead atoms. The lowest BCUT2D eigenvalue weighted by Gasteiger charge is -2.18. The number of hydrogen-bond donors (Lipinski definition) is 2. The minimum atomic E-state index is -1.02. The van der Waals surface area contributed by atoms with Crippen molar-refractivity contribution in [2.75, 3.05) is 25.9 Å². The maximum absolute atomic E-state index is 12.2. The fourth-order valence-corrected chi connectivity index (χ4v) is 3.57. The predicted molar refractivity (Wildman–Crippen MR) is 127 cm³/mol. The first-order valence-corrected chi connectivity index (χ1v) is 10.5. The minimum Gasteiger partial charge on any atom is -0.488 e. The fourth-order valence-electron chi connectivity index (χ4n) is 2.21. The monoisotopic (exact) mass is 565 g/mol. The molecule has 0 fully saturated rings. The van der Waals surface area contributed by atoms with Crippen molar-refractivity contribution in [1.29, 1.82) is 0 Å². The van der Waals surface area contributed by atoms with Crippen molar-refractivity contribution in [2.45, 2.75) is 17.9 Å². The van der Waals surface area contributed by atoms with Crippen molar-refractivity contribution in [3.05, 3.63) is 59.1 Å². The number of nitrogens with zero attached hydrogens (tertiary/aromatic N) is 1. The Bertz CT molecular complexity index is 747. The first-order chi connectivity index (χ1) is 12.6. The van der Waals surface area contributed by atoms with E-state index < -0.39 is 10.8 Å². The van der Waals surface area contributed by atoms with Crippen LogP contribution < -0.4 is 15.4 Å². The summed E-state index contributed by atoms with van der Waals surface area (Å²) in [6, 6.07) is 17.2. The van der Waals surface area contributed by atoms with Gasteiger partial charge in [-0.1, -0.05) is 30.3 Å². The van der Waals surface area contributed by atoms with Crippen LogP contribution in [0.25, 0.3) is 0 Å². The van der Waals surface area contributed by atoms with Crippen LogP contribution in [0.15, 0.2) is 69.0 Å². The number of para-hydroxylation sites is 1. The molecule has 2 atom stereocenters. The summed E-state index contributed by atoms with van der Waals surface area (Å²) in [5.41, 5.74) is 0. The summed E-state index contributed by atoms with van der Waals surface area (Å²) in [5.74, 6) is 1.99. The number of guanidine groups is 1. The number of ether oxygens (including phenoxy) is 1. The van der Waals surface area contributed by atoms with E-state index in [0.29, 0.717) is 24.8 Å². The van der Waals surface area contributed by atoms with Crippen molar-refractivity contribution in [1.82, 2.24) is 10.6 Å². The van der Waals surface area contributed by atoms with Gasteiger partial charge in [0.25, 0.3) is 0 Å². The Morgan fingerprint density at radius 3 is 2.48 bits per heavy atom. The lowest BCUT2D eigenvalue weighted by atomic mass is 10.3. The van der Waals surface area contributed by atoms with Crippen LogP contribution in [-0.4, -0.2) is 42.2 Å². The summed E-state index contributed by atoms with van der Waals surface area (Å²) in [4.78, 5) is 5.03. The molecule has 2 aromatic carbocycles. The molecule has 2 rings (SSSR count). The third-order valence-corrected chi connectivity index (χ3v) is 5.56. The van der Waals surface area contributed by atoms with Gasteiger partial charge in [0, 0.05) is 24.2 Å². The van der Waals surface area contributed by atoms with Crippen molar-refractivity contribution in [3.63, 3.8) is 0 Å². The summed E-state index contributed by atoms with van der Waals surface area (Å²) in [6.07, 6.45) is -0.0364. The molecule has 2 aromatic rings. The second-order valence-corrected chi connectivity index (χ2v) is 8.03. The summed E-state index contributed by atoms with van der Waals surface area (Å²) in [7, 11) is 0.692. The van der Waals surface area contributed by atoms with Crippen LogP contribution in [0.4, 0.5) is 0 Å². The Labute approximate surface area is 189 Å². The Kier molecular flexibility index (Phi) is 11.6. The maximum Gasteiger partial charge on any atom is 0.191 e. The molecule has 0 saturated heterocycles. The van der Waals surface area contributed by atoms with E-state index in [9.17, 15) is 4.21 Å². The van der Waals surface area contributed by atoms with Crippen LogP contribution >= 0.6 is 39.9 Å². The van der Waals surface area contributed by atoms with Crippen LogP contribution in [0, 0.1) is 0 Å². The smallest absolute Gasteiger partial charge is 0.191 e. The lowest BCUT2D eigenvalue weighted by Crippen LogP contribution is -2.43. The number of hydrogen-bond acceptors (Lipinski definition) is 3. The second-order valence-electron chi connectivity index (χ2n) is 5.60. The fraction of sp³-hybridized carbons (Fsp3) is 0.316. The molecular formula is C19H25BrIN3O2S. The van der Waals surface area contributed by atoms with Gasteiger partial charge in [0.05, 0.1) is 21.8 Å². The Balaban J connectivity index is 0.00000364. The predicted octanol–water partition coefficient (Wildman–Crippen LogP) is 3.81. The van der Waals surface area contributed by atoms with Gasteiger partial charge in [-0.15, -0.1) is 24.0 Å². The molecule has 5 nitrogen and oxygen atoms in total. The average Bonchev–Trinajstić information content (AvgIpc) is 2.67. The zero-order chi connectivity index (χ0) is 18.8. The molecule has 8 heteroatoms. The van der Waals surface area contributed by atoms with Gasteiger partial charge in [0.1, 0.15) is 11.9 Å². The molecule has 27 heavy (non-hydrogen) atoms. The van der Waals surface area contributed by atoms with Gasteiger partial charge in [0.2, 0.25) is 0 Å². The lowest BCUT2D eigenvalue weighted by molar-refractivity contribution is 0.222. The van der Waals surface area contributed by atoms with E-state index in [4.69, 9.17) is 4.74 Å². The highest BCUT2D eigenvalue weighted by Crippen LogP contribution is 2.24. The van der Waals surface area contributed by atoms with E-state index in [2.05, 4.69) is 31.6 Å². The molecule has 0 saturated carbocycles. The van der Waals surface area contributed by atoms with Crippen LogP contribution in [-0.2, 0) is 10.8 Å². The summed E-state index contributed by atoms with van der Waals surface area (Å²) < 4.78 is 19.0. The van der Waals surface area contributed by atoms with E-state index in [1.807, 2.05) is 61.5 Å². The molecule has 148 valence electrons. The Morgan fingerprint density at radius 2 is 1.81 bits per heavy atom. The van der Waals surface area contributed by atoms with Crippen LogP contribution in [0.2, 0.25) is 0 Å². The van der Waals surface area contributed by atoms with E-state index in [0.717, 1.165) is 15.1 Å². The zero-order valence-electron chi connectivity index (χ0n) is 15.4. The van der Waals surface area contributed by atoms with E-state index in [1.165, 1.54) is 0 Å². The maximum atomic E-state index is 12.2. The van der Waals surface area contributed by atoms with Gasteiger partial charge in [-0.3, -0.25) is 9.20 Å². The largest absolute Gasteiger partial charge is 0.488 e. The quantitative estimate of drug-likeness (QED) is 0.290. The number of nitrogens with one attached hydrogen (secondary N) is 2. The molecule has 0 aliphatic rings. The molecular weight excluding hydrogens is 541 g/mol. The number of rotatable bonds is 8. The Hall–Kier alpha value is -1.13. The van der Waals surface area contributed by atoms with Gasteiger partial charge >= 0.3 is 0 Å². The first kappa shape index (κ1) is 23.9. The molecule has 0 aliphatic heterocycles. The third-order valence-electron chi connectivity index (χ3n) is 3.53. The summed E-state index contributed by atoms with van der Waals surface area (Å²) >= 11 is 3.48. The zero-order valence-corrected chi connectivity index (χ0v) is 20.1. The third kappa shape index (κ3) is 8.61. The van der Waals surface area contributed by atoms with Gasteiger partial charge < -0.3 is 15.4 Å². The van der Waals surface area contributed by atoms with Gasteiger partial charge in [0.15, 0.2) is 5.96 Å². The number of benzene rings is 2. The SMILES string of the molecule is CN=C(NCCS(=O)c1ccccc1)NCC(C)Oc1ccccc1Br.I. The van der Waals surface area contributed by atoms with E-state index >= 15 is 0 Å². The highest BCUT2D eigenvalue weighted by Gasteiger charge is 2.08. The van der Waals surface area contributed by atoms with Crippen LogP contribution in [0.3, 0.4) is 0 Å². The summed E-state index contributed by atoms with van der Waals surface area (Å²) in [6.45, 7) is 3.16. The van der Waals surface area contributed by atoms with Gasteiger partial charge in [-0.25, -0.2) is 0 Å². The average molecular weight is 566 g/mol. The molecule has 2 unspecified atom stereocenters. The molecule has 2 N–H and O–H groups in total. The molecule has 0 amide bonds. The van der Waals surface area contributed by atoms with E-state index in [-0.39, 0.29) is 30.1 Å². The van der Waals surface area contributed by atoms with Gasteiger partial charge in [-0.2, -0.15) is 0 Å². The van der Waals surface area contributed by atoms with Crippen LogP contribution in [0.1, 0.15) is 6.92 Å². The van der Waals surface area contributed by atoms with Crippen LogP contribution in [0.5, 0.6) is 5.75 Å². The number of aliphatic imine (C=N–C) groups is 1. The topological polar surface area (TPSA) is 62.7 Å². The minimum absolute atomic E-state index is 0. The highest BCUT2D eigenvalue weighted by atomic mass is 127. The first-order valence-electron chi connectivity index (χ1n) is 8.39. The van der Waals surface area contributed by atoms with Crippen molar-refractivity contribution < 1.29 is 8.95 Å². The number of halogens is 2. The Morgan fingerprint density at radius 1 is 1.15 bits per heavy atom. The molecule has 0 aliphatic carbocycles. The summed E-state index contributed by atoms with van der Waals surface area (Å²) in [5, 5.41) is 6.40. The molecule has 0 spiro atoms. The van der Waals surface area contributed by atoms with Gasteiger partial charge in [-0.05, 0) is 47.1 Å². The molecule has 0 aromatic heterocycles. The van der Waals surface area contributed by atoms with Crippen molar-refractivity contribution in [3.8, 4) is 5.75 Å². The highest BCUT2D eigenvalue weighted by molar-refractivity contribution is 14.0. The van der Waals surface area contributed by atoms with Crippen molar-refractivity contribution >= 4 is 56.7 Å². The molecule has 0 radical (unpaired) electrons. The van der Waals surface area contributed by atoms with E-state index in [1.54, 1.807) is 7.05 Å².